The molecular formula is C12H18ClNO2. The normalized spacial score (nSPS) is 11.8. The van der Waals surface area contributed by atoms with Crippen molar-refractivity contribution in [3.05, 3.63) is 35.4 Å². The van der Waals surface area contributed by atoms with Crippen LogP contribution in [-0.2, 0) is 9.53 Å². The molecule has 2 N–H and O–H groups in total. The molecule has 0 heterocycles. The number of rotatable bonds is 3. The zero-order valence-corrected chi connectivity index (χ0v) is 10.6. The third-order valence-corrected chi connectivity index (χ3v) is 2.42. The van der Waals surface area contributed by atoms with Crippen LogP contribution < -0.4 is 5.73 Å². The smallest absolute Gasteiger partial charge is 0.327 e. The van der Waals surface area contributed by atoms with Crippen LogP contribution in [0.25, 0.3) is 0 Å². The van der Waals surface area contributed by atoms with Gasteiger partial charge in [-0.05, 0) is 17.0 Å². The molecule has 0 saturated carbocycles. The summed E-state index contributed by atoms with van der Waals surface area (Å²) in [5.74, 6) is 0.0701. The number of nitrogens with two attached hydrogens (primary N) is 1. The summed E-state index contributed by atoms with van der Waals surface area (Å²) in [6.45, 7) is 4.24. The summed E-state index contributed by atoms with van der Waals surface area (Å²) in [6, 6.07) is 7.04. The van der Waals surface area contributed by atoms with E-state index in [1.165, 1.54) is 12.7 Å². The van der Waals surface area contributed by atoms with Gasteiger partial charge in [0.2, 0.25) is 0 Å². The largest absolute Gasteiger partial charge is 0.468 e. The highest BCUT2D eigenvalue weighted by Crippen LogP contribution is 2.18. The molecule has 0 bridgehead atoms. The van der Waals surface area contributed by atoms with Crippen LogP contribution in [0.4, 0.5) is 0 Å². The van der Waals surface area contributed by atoms with Crippen molar-refractivity contribution in [2.24, 2.45) is 5.73 Å². The lowest BCUT2D eigenvalue weighted by Gasteiger charge is -2.11. The minimum atomic E-state index is -0.684. The van der Waals surface area contributed by atoms with Crippen LogP contribution in [-0.4, -0.2) is 13.1 Å². The first kappa shape index (κ1) is 14.9. The van der Waals surface area contributed by atoms with Gasteiger partial charge in [0.15, 0.2) is 0 Å². The number of halogens is 1. The molecule has 16 heavy (non-hydrogen) atoms. The van der Waals surface area contributed by atoms with E-state index in [9.17, 15) is 4.79 Å². The Labute approximate surface area is 102 Å². The van der Waals surface area contributed by atoms with Crippen LogP contribution in [0, 0.1) is 0 Å². The Bertz CT molecular complexity index is 335. The van der Waals surface area contributed by atoms with Gasteiger partial charge in [0, 0.05) is 0 Å². The Morgan fingerprint density at radius 3 is 2.00 bits per heavy atom. The number of carbonyl (C=O) groups is 1. The summed E-state index contributed by atoms with van der Waals surface area (Å²) >= 11 is 0. The van der Waals surface area contributed by atoms with E-state index in [-0.39, 0.29) is 12.4 Å². The molecule has 0 aliphatic rings. The fourth-order valence-electron chi connectivity index (χ4n) is 1.35. The van der Waals surface area contributed by atoms with Gasteiger partial charge in [-0.3, -0.25) is 4.79 Å². The van der Waals surface area contributed by atoms with E-state index in [1.807, 2.05) is 24.3 Å². The number of benzene rings is 1. The molecule has 1 aromatic rings. The second-order valence-electron chi connectivity index (χ2n) is 3.82. The highest BCUT2D eigenvalue weighted by Gasteiger charge is 2.15. The fourth-order valence-corrected chi connectivity index (χ4v) is 1.35. The highest BCUT2D eigenvalue weighted by molar-refractivity contribution is 5.85. The number of methoxy groups -OCH3 is 1. The number of carbonyl (C=O) groups excluding carboxylic acids is 1. The van der Waals surface area contributed by atoms with Crippen molar-refractivity contribution in [3.8, 4) is 0 Å². The van der Waals surface area contributed by atoms with Crippen LogP contribution in [0.5, 0.6) is 0 Å². The molecule has 0 saturated heterocycles. The molecule has 0 aromatic heterocycles. The number of ether oxygens (including phenoxy) is 1. The van der Waals surface area contributed by atoms with Gasteiger partial charge in [0.1, 0.15) is 6.04 Å². The summed E-state index contributed by atoms with van der Waals surface area (Å²) < 4.78 is 4.58. The quantitative estimate of drug-likeness (QED) is 0.830. The van der Waals surface area contributed by atoms with Crippen LogP contribution >= 0.6 is 12.4 Å². The monoisotopic (exact) mass is 243 g/mol. The maximum Gasteiger partial charge on any atom is 0.327 e. The molecule has 90 valence electrons. The van der Waals surface area contributed by atoms with Gasteiger partial charge >= 0.3 is 5.97 Å². The van der Waals surface area contributed by atoms with Gasteiger partial charge in [0.25, 0.3) is 0 Å². The van der Waals surface area contributed by atoms with Crippen LogP contribution in [0.3, 0.4) is 0 Å². The van der Waals surface area contributed by atoms with Crippen LogP contribution in [0.1, 0.15) is 36.9 Å². The lowest BCUT2D eigenvalue weighted by Crippen LogP contribution is -2.22. The zero-order chi connectivity index (χ0) is 11.4. The van der Waals surface area contributed by atoms with E-state index in [0.29, 0.717) is 5.92 Å². The van der Waals surface area contributed by atoms with E-state index < -0.39 is 12.0 Å². The van der Waals surface area contributed by atoms with Crippen molar-refractivity contribution in [2.45, 2.75) is 25.8 Å². The predicted octanol–water partition coefficient (Wildman–Crippen LogP) is 2.40. The van der Waals surface area contributed by atoms with E-state index in [2.05, 4.69) is 18.6 Å². The molecule has 0 aliphatic heterocycles. The summed E-state index contributed by atoms with van der Waals surface area (Å²) in [5, 5.41) is 0. The molecule has 1 aromatic carbocycles. The molecule has 0 unspecified atom stereocenters. The first-order chi connectivity index (χ1) is 7.06. The zero-order valence-electron chi connectivity index (χ0n) is 9.77. The second kappa shape index (κ2) is 6.51. The Morgan fingerprint density at radius 1 is 1.19 bits per heavy atom. The highest BCUT2D eigenvalue weighted by atomic mass is 35.5. The number of esters is 1. The minimum absolute atomic E-state index is 0. The van der Waals surface area contributed by atoms with Gasteiger partial charge < -0.3 is 10.5 Å². The molecule has 3 nitrogen and oxygen atoms in total. The molecular weight excluding hydrogens is 226 g/mol. The molecule has 0 spiro atoms. The number of hydrogen-bond acceptors (Lipinski definition) is 3. The summed E-state index contributed by atoms with van der Waals surface area (Å²) in [7, 11) is 1.34. The van der Waals surface area contributed by atoms with Crippen molar-refractivity contribution in [3.63, 3.8) is 0 Å². The van der Waals surface area contributed by atoms with Crippen molar-refractivity contribution in [1.82, 2.24) is 0 Å². The molecule has 0 radical (unpaired) electrons. The van der Waals surface area contributed by atoms with Gasteiger partial charge in [-0.2, -0.15) is 0 Å². The Balaban J connectivity index is 0.00000225. The summed E-state index contributed by atoms with van der Waals surface area (Å²) in [5.41, 5.74) is 7.72. The van der Waals surface area contributed by atoms with Crippen molar-refractivity contribution in [1.29, 1.82) is 0 Å². The standard InChI is InChI=1S/C12H17NO2.ClH/c1-8(2)9-4-6-10(7-5-9)11(13)12(14)15-3;/h4-8,11H,13H2,1-3H3;1H/t11-;/m0./s1. The Morgan fingerprint density at radius 2 is 1.62 bits per heavy atom. The molecule has 1 rings (SSSR count). The van der Waals surface area contributed by atoms with Crippen LogP contribution in [0.2, 0.25) is 0 Å². The molecule has 0 aliphatic carbocycles. The number of hydrogen-bond donors (Lipinski definition) is 1. The predicted molar refractivity (Wildman–Crippen MR) is 66.7 cm³/mol. The van der Waals surface area contributed by atoms with Gasteiger partial charge in [-0.25, -0.2) is 0 Å². The SMILES string of the molecule is COC(=O)[C@@H](N)c1ccc(C(C)C)cc1.Cl. The van der Waals surface area contributed by atoms with E-state index in [1.54, 1.807) is 0 Å². The topological polar surface area (TPSA) is 52.3 Å². The molecule has 1 atom stereocenters. The van der Waals surface area contributed by atoms with Gasteiger partial charge in [-0.1, -0.05) is 38.1 Å². The summed E-state index contributed by atoms with van der Waals surface area (Å²) in [6.07, 6.45) is 0. The fraction of sp³-hybridized carbons (Fsp3) is 0.417. The summed E-state index contributed by atoms with van der Waals surface area (Å²) in [4.78, 5) is 11.2. The van der Waals surface area contributed by atoms with Gasteiger partial charge in [-0.15, -0.1) is 12.4 Å². The third-order valence-electron chi connectivity index (χ3n) is 2.42. The second-order valence-corrected chi connectivity index (χ2v) is 3.82. The first-order valence-corrected chi connectivity index (χ1v) is 4.99. The van der Waals surface area contributed by atoms with Crippen molar-refractivity contribution in [2.75, 3.05) is 7.11 Å². The van der Waals surface area contributed by atoms with E-state index >= 15 is 0 Å². The molecule has 0 amide bonds. The maximum atomic E-state index is 11.2. The maximum absolute atomic E-state index is 11.2. The van der Waals surface area contributed by atoms with Crippen molar-refractivity contribution >= 4 is 18.4 Å². The Hall–Kier alpha value is -1.06. The third kappa shape index (κ3) is 3.51. The lowest BCUT2D eigenvalue weighted by atomic mass is 9.99. The minimum Gasteiger partial charge on any atom is -0.468 e. The average molecular weight is 244 g/mol. The van der Waals surface area contributed by atoms with Crippen molar-refractivity contribution < 1.29 is 9.53 Å². The lowest BCUT2D eigenvalue weighted by molar-refractivity contribution is -0.142. The van der Waals surface area contributed by atoms with Gasteiger partial charge in [0.05, 0.1) is 7.11 Å². The molecule has 4 heteroatoms. The van der Waals surface area contributed by atoms with Crippen LogP contribution in [0.15, 0.2) is 24.3 Å². The average Bonchev–Trinajstić information content (AvgIpc) is 2.27. The van der Waals surface area contributed by atoms with E-state index in [4.69, 9.17) is 5.73 Å². The Kier molecular flexibility index (Phi) is 6.08. The molecule has 0 fully saturated rings. The van der Waals surface area contributed by atoms with E-state index in [0.717, 1.165) is 5.56 Å². The first-order valence-electron chi connectivity index (χ1n) is 4.99.